The number of hydrogen-bond acceptors (Lipinski definition) is 3. The van der Waals surface area contributed by atoms with E-state index in [1.54, 1.807) is 18.3 Å². The van der Waals surface area contributed by atoms with E-state index in [0.29, 0.717) is 5.69 Å². The van der Waals surface area contributed by atoms with Crippen molar-refractivity contribution in [3.8, 4) is 0 Å². The first-order valence-corrected chi connectivity index (χ1v) is 8.47. The van der Waals surface area contributed by atoms with Gasteiger partial charge in [0.1, 0.15) is 0 Å². The Bertz CT molecular complexity index is 1140. The molecule has 26 heavy (non-hydrogen) atoms. The summed E-state index contributed by atoms with van der Waals surface area (Å²) in [5.74, 6) is 0. The molecule has 5 nitrogen and oxygen atoms in total. The number of hydrogen-bond donors (Lipinski definition) is 0. The molecule has 4 rings (SSSR count). The summed E-state index contributed by atoms with van der Waals surface area (Å²) in [5, 5.41) is 13.2. The number of aliphatic imine (C=N–C) groups is 1. The molecule has 0 amide bonds. The Kier molecular flexibility index (Phi) is 3.97. The third kappa shape index (κ3) is 2.73. The SMILES string of the molecule is CCn1c2ccccc2c2cc(C=Nc3ccc([N+](=O)[O-])cc3)ccc21. The topological polar surface area (TPSA) is 60.4 Å². The van der Waals surface area contributed by atoms with Crippen molar-refractivity contribution in [2.75, 3.05) is 0 Å². The van der Waals surface area contributed by atoms with E-state index in [2.05, 4.69) is 52.9 Å². The van der Waals surface area contributed by atoms with Crippen molar-refractivity contribution in [2.45, 2.75) is 13.5 Å². The number of fused-ring (bicyclic) bond motifs is 3. The van der Waals surface area contributed by atoms with Crippen LogP contribution in [0, 0.1) is 10.1 Å². The van der Waals surface area contributed by atoms with Gasteiger partial charge in [0.05, 0.1) is 10.6 Å². The fourth-order valence-corrected chi connectivity index (χ4v) is 3.30. The van der Waals surface area contributed by atoms with Gasteiger partial charge in [0.2, 0.25) is 0 Å². The molecule has 5 heteroatoms. The maximum absolute atomic E-state index is 10.7. The zero-order valence-electron chi connectivity index (χ0n) is 14.3. The minimum atomic E-state index is -0.412. The molecule has 128 valence electrons. The minimum absolute atomic E-state index is 0.0674. The van der Waals surface area contributed by atoms with E-state index in [9.17, 15) is 10.1 Å². The van der Waals surface area contributed by atoms with Crippen molar-refractivity contribution in [1.29, 1.82) is 0 Å². The van der Waals surface area contributed by atoms with Crippen molar-refractivity contribution in [2.24, 2.45) is 4.99 Å². The lowest BCUT2D eigenvalue weighted by Crippen LogP contribution is -1.92. The predicted molar refractivity (Wildman–Crippen MR) is 105 cm³/mol. The number of nitro benzene ring substituents is 1. The number of aromatic nitrogens is 1. The summed E-state index contributed by atoms with van der Waals surface area (Å²) in [4.78, 5) is 14.7. The summed E-state index contributed by atoms with van der Waals surface area (Å²) in [6.07, 6.45) is 1.79. The number of nitro groups is 1. The number of benzene rings is 3. The number of aryl methyl sites for hydroxylation is 1. The van der Waals surface area contributed by atoms with E-state index in [0.717, 1.165) is 12.1 Å². The van der Waals surface area contributed by atoms with Crippen molar-refractivity contribution >= 4 is 39.4 Å². The van der Waals surface area contributed by atoms with Crippen LogP contribution in [0.4, 0.5) is 11.4 Å². The number of non-ortho nitro benzene ring substituents is 1. The first-order valence-electron chi connectivity index (χ1n) is 8.47. The molecule has 1 aromatic heterocycles. The standard InChI is InChI=1S/C21H17N3O2/c1-2-23-20-6-4-3-5-18(20)19-13-15(7-12-21(19)23)14-22-16-8-10-17(11-9-16)24(25)26/h3-14H,2H2,1H3. The molecule has 0 saturated heterocycles. The summed E-state index contributed by atoms with van der Waals surface area (Å²) in [5.41, 5.74) is 4.19. The summed E-state index contributed by atoms with van der Waals surface area (Å²) in [6, 6.07) is 20.9. The van der Waals surface area contributed by atoms with Crippen LogP contribution in [0.2, 0.25) is 0 Å². The molecule has 0 saturated carbocycles. The molecule has 0 N–H and O–H groups in total. The highest BCUT2D eigenvalue weighted by Gasteiger charge is 2.09. The van der Waals surface area contributed by atoms with Gasteiger partial charge in [-0.2, -0.15) is 0 Å². The van der Waals surface area contributed by atoms with Crippen LogP contribution in [0.3, 0.4) is 0 Å². The van der Waals surface area contributed by atoms with Crippen LogP contribution in [0.25, 0.3) is 21.8 Å². The molecule has 0 unspecified atom stereocenters. The molecular weight excluding hydrogens is 326 g/mol. The van der Waals surface area contributed by atoms with E-state index in [1.807, 2.05) is 6.07 Å². The summed E-state index contributed by atoms with van der Waals surface area (Å²) in [7, 11) is 0. The normalized spacial score (nSPS) is 11.6. The second-order valence-corrected chi connectivity index (χ2v) is 6.07. The van der Waals surface area contributed by atoms with Crippen LogP contribution in [-0.2, 0) is 6.54 Å². The Morgan fingerprint density at radius 2 is 1.73 bits per heavy atom. The van der Waals surface area contributed by atoms with Gasteiger partial charge in [-0.25, -0.2) is 0 Å². The molecule has 0 fully saturated rings. The van der Waals surface area contributed by atoms with Crippen LogP contribution in [-0.4, -0.2) is 15.7 Å². The molecule has 0 aliphatic rings. The van der Waals surface area contributed by atoms with Gasteiger partial charge in [0.25, 0.3) is 5.69 Å². The van der Waals surface area contributed by atoms with Gasteiger partial charge in [-0.15, -0.1) is 0 Å². The van der Waals surface area contributed by atoms with Crippen molar-refractivity contribution in [3.05, 3.63) is 82.4 Å². The highest BCUT2D eigenvalue weighted by Crippen LogP contribution is 2.29. The van der Waals surface area contributed by atoms with Crippen LogP contribution >= 0.6 is 0 Å². The molecule has 0 radical (unpaired) electrons. The van der Waals surface area contributed by atoms with E-state index < -0.39 is 4.92 Å². The third-order valence-corrected chi connectivity index (χ3v) is 4.54. The predicted octanol–water partition coefficient (Wildman–Crippen LogP) is 5.47. The van der Waals surface area contributed by atoms with E-state index in [-0.39, 0.29) is 5.69 Å². The van der Waals surface area contributed by atoms with E-state index in [4.69, 9.17) is 0 Å². The van der Waals surface area contributed by atoms with Gasteiger partial charge in [-0.05, 0) is 42.8 Å². The minimum Gasteiger partial charge on any atom is -0.341 e. The second kappa shape index (κ2) is 6.44. The zero-order valence-corrected chi connectivity index (χ0v) is 14.3. The first kappa shape index (κ1) is 16.0. The summed E-state index contributed by atoms with van der Waals surface area (Å²) in [6.45, 7) is 3.07. The first-order chi connectivity index (χ1) is 12.7. The van der Waals surface area contributed by atoms with Crippen molar-refractivity contribution in [1.82, 2.24) is 4.57 Å². The monoisotopic (exact) mass is 343 g/mol. The molecule has 0 atom stereocenters. The fourth-order valence-electron chi connectivity index (χ4n) is 3.30. The van der Waals surface area contributed by atoms with Crippen LogP contribution in [0.15, 0.2) is 71.7 Å². The number of nitrogens with zero attached hydrogens (tertiary/aromatic N) is 3. The second-order valence-electron chi connectivity index (χ2n) is 6.07. The van der Waals surface area contributed by atoms with E-state index >= 15 is 0 Å². The van der Waals surface area contributed by atoms with Crippen LogP contribution in [0.5, 0.6) is 0 Å². The van der Waals surface area contributed by atoms with Crippen LogP contribution in [0.1, 0.15) is 12.5 Å². The Morgan fingerprint density at radius 3 is 2.46 bits per heavy atom. The molecule has 0 aliphatic heterocycles. The lowest BCUT2D eigenvalue weighted by atomic mass is 10.1. The quantitative estimate of drug-likeness (QED) is 0.280. The largest absolute Gasteiger partial charge is 0.341 e. The fraction of sp³-hybridized carbons (Fsp3) is 0.0952. The lowest BCUT2D eigenvalue weighted by molar-refractivity contribution is -0.384. The van der Waals surface area contributed by atoms with Gasteiger partial charge in [0.15, 0.2) is 0 Å². The van der Waals surface area contributed by atoms with Gasteiger partial charge >= 0.3 is 0 Å². The van der Waals surface area contributed by atoms with Gasteiger partial charge in [0, 0.05) is 46.7 Å². The van der Waals surface area contributed by atoms with Crippen LogP contribution < -0.4 is 0 Å². The molecule has 1 heterocycles. The number of para-hydroxylation sites is 1. The Hall–Kier alpha value is -3.47. The average Bonchev–Trinajstić information content (AvgIpc) is 2.99. The molecule has 4 aromatic rings. The lowest BCUT2D eigenvalue weighted by Gasteiger charge is -2.02. The Morgan fingerprint density at radius 1 is 1.00 bits per heavy atom. The maximum atomic E-state index is 10.7. The molecule has 3 aromatic carbocycles. The van der Waals surface area contributed by atoms with Gasteiger partial charge in [-0.3, -0.25) is 15.1 Å². The number of rotatable bonds is 4. The molecule has 0 spiro atoms. The van der Waals surface area contributed by atoms with Crippen molar-refractivity contribution < 1.29 is 4.92 Å². The molecule has 0 aliphatic carbocycles. The molecular formula is C21H17N3O2. The molecule has 0 bridgehead atoms. The third-order valence-electron chi connectivity index (χ3n) is 4.54. The Labute approximate surface area is 150 Å². The van der Waals surface area contributed by atoms with Crippen molar-refractivity contribution in [3.63, 3.8) is 0 Å². The Balaban J connectivity index is 1.73. The van der Waals surface area contributed by atoms with Gasteiger partial charge < -0.3 is 4.57 Å². The summed E-state index contributed by atoms with van der Waals surface area (Å²) >= 11 is 0. The van der Waals surface area contributed by atoms with Gasteiger partial charge in [-0.1, -0.05) is 24.3 Å². The maximum Gasteiger partial charge on any atom is 0.269 e. The smallest absolute Gasteiger partial charge is 0.269 e. The van der Waals surface area contributed by atoms with E-state index in [1.165, 1.54) is 33.9 Å². The highest BCUT2D eigenvalue weighted by atomic mass is 16.6. The average molecular weight is 343 g/mol. The summed E-state index contributed by atoms with van der Waals surface area (Å²) < 4.78 is 2.31. The zero-order chi connectivity index (χ0) is 18.1. The highest BCUT2D eigenvalue weighted by molar-refractivity contribution is 6.09.